The summed E-state index contributed by atoms with van der Waals surface area (Å²) in [6.45, 7) is 6.98. The van der Waals surface area contributed by atoms with Gasteiger partial charge in [0.1, 0.15) is 0 Å². The molecule has 0 radical (unpaired) electrons. The van der Waals surface area contributed by atoms with Crippen LogP contribution < -0.4 is 5.32 Å². The van der Waals surface area contributed by atoms with Crippen molar-refractivity contribution in [2.24, 2.45) is 5.92 Å². The Bertz CT molecular complexity index is 490. The highest BCUT2D eigenvalue weighted by Crippen LogP contribution is 2.31. The summed E-state index contributed by atoms with van der Waals surface area (Å²) in [6, 6.07) is 3.67. The lowest BCUT2D eigenvalue weighted by Gasteiger charge is -2.27. The molecule has 0 saturated carbocycles. The van der Waals surface area contributed by atoms with Crippen LogP contribution in [0.4, 0.5) is 11.4 Å². The largest absolute Gasteiger partial charge is 0.380 e. The normalized spacial score (nSPS) is 12.8. The lowest BCUT2D eigenvalue weighted by molar-refractivity contribution is -0.385. The molecule has 0 heterocycles. The Balaban J connectivity index is 3.02. The van der Waals surface area contributed by atoms with Gasteiger partial charge in [0, 0.05) is 34.4 Å². The summed E-state index contributed by atoms with van der Waals surface area (Å²) in [7, 11) is 4.07. The minimum Gasteiger partial charge on any atom is -0.380 e. The standard InChI is InChI=1S/C14H22BrN3O2/c1-9(2)13(8-17(4)5)16-12-6-10(3)14(18(19)20)7-11(12)15/h6-7,9,13,16H,8H2,1-5H3. The molecule has 0 spiro atoms. The van der Waals surface area contributed by atoms with Gasteiger partial charge in [-0.1, -0.05) is 13.8 Å². The Labute approximate surface area is 128 Å². The SMILES string of the molecule is Cc1cc(NC(CN(C)C)C(C)C)c(Br)cc1[N+](=O)[O-]. The van der Waals surface area contributed by atoms with Crippen molar-refractivity contribution < 1.29 is 4.92 Å². The number of benzene rings is 1. The number of nitrogens with one attached hydrogen (secondary N) is 1. The first-order valence-electron chi connectivity index (χ1n) is 6.58. The first-order chi connectivity index (χ1) is 9.22. The van der Waals surface area contributed by atoms with E-state index in [0.29, 0.717) is 11.5 Å². The maximum absolute atomic E-state index is 10.9. The van der Waals surface area contributed by atoms with Crippen molar-refractivity contribution >= 4 is 27.3 Å². The number of hydrogen-bond acceptors (Lipinski definition) is 4. The van der Waals surface area contributed by atoms with E-state index in [-0.39, 0.29) is 16.7 Å². The number of anilines is 1. The third kappa shape index (κ3) is 4.45. The highest BCUT2D eigenvalue weighted by atomic mass is 79.9. The van der Waals surface area contributed by atoms with Gasteiger partial charge in [-0.3, -0.25) is 10.1 Å². The van der Waals surface area contributed by atoms with Gasteiger partial charge in [0.15, 0.2) is 0 Å². The molecule has 0 fully saturated rings. The van der Waals surface area contributed by atoms with Crippen molar-refractivity contribution in [1.82, 2.24) is 4.90 Å². The molecule has 1 atom stereocenters. The van der Waals surface area contributed by atoms with Gasteiger partial charge in [-0.05, 0) is 48.9 Å². The summed E-state index contributed by atoms with van der Waals surface area (Å²) >= 11 is 3.41. The second-order valence-corrected chi connectivity index (χ2v) is 6.49. The fourth-order valence-corrected chi connectivity index (χ4v) is 2.44. The number of halogens is 1. The highest BCUT2D eigenvalue weighted by molar-refractivity contribution is 9.10. The number of nitro groups is 1. The Morgan fingerprint density at radius 1 is 1.40 bits per heavy atom. The van der Waals surface area contributed by atoms with Crippen LogP contribution >= 0.6 is 15.9 Å². The maximum Gasteiger partial charge on any atom is 0.273 e. The summed E-state index contributed by atoms with van der Waals surface area (Å²) in [5.74, 6) is 0.458. The molecule has 1 aromatic carbocycles. The van der Waals surface area contributed by atoms with Gasteiger partial charge in [-0.15, -0.1) is 0 Å². The second-order valence-electron chi connectivity index (χ2n) is 5.63. The topological polar surface area (TPSA) is 58.4 Å². The highest BCUT2D eigenvalue weighted by Gasteiger charge is 2.18. The van der Waals surface area contributed by atoms with Gasteiger partial charge in [-0.2, -0.15) is 0 Å². The quantitative estimate of drug-likeness (QED) is 0.632. The van der Waals surface area contributed by atoms with E-state index in [1.165, 1.54) is 0 Å². The van der Waals surface area contributed by atoms with Gasteiger partial charge >= 0.3 is 0 Å². The Kier molecular flexibility index (Phi) is 5.95. The average molecular weight is 344 g/mol. The Morgan fingerprint density at radius 2 is 2.00 bits per heavy atom. The predicted molar refractivity (Wildman–Crippen MR) is 86.3 cm³/mol. The van der Waals surface area contributed by atoms with E-state index in [9.17, 15) is 10.1 Å². The van der Waals surface area contributed by atoms with Crippen LogP contribution in [0.1, 0.15) is 19.4 Å². The minimum absolute atomic E-state index is 0.135. The predicted octanol–water partition coefficient (Wildman–Crippen LogP) is 3.66. The Hall–Kier alpha value is -1.14. The molecule has 112 valence electrons. The second kappa shape index (κ2) is 7.04. The monoisotopic (exact) mass is 343 g/mol. The minimum atomic E-state index is -0.358. The van der Waals surface area contributed by atoms with Crippen LogP contribution in [0.2, 0.25) is 0 Å². The summed E-state index contributed by atoms with van der Waals surface area (Å²) < 4.78 is 0.721. The van der Waals surface area contributed by atoms with E-state index in [0.717, 1.165) is 16.7 Å². The number of likely N-dealkylation sites (N-methyl/N-ethyl adjacent to an activating group) is 1. The first-order valence-corrected chi connectivity index (χ1v) is 7.37. The molecule has 6 heteroatoms. The molecule has 1 N–H and O–H groups in total. The fraction of sp³-hybridized carbons (Fsp3) is 0.571. The van der Waals surface area contributed by atoms with Crippen LogP contribution in [0.25, 0.3) is 0 Å². The molecule has 0 aromatic heterocycles. The lowest BCUT2D eigenvalue weighted by atomic mass is 10.0. The molecule has 0 saturated heterocycles. The number of nitrogens with zero attached hydrogens (tertiary/aromatic N) is 2. The van der Waals surface area contributed by atoms with Crippen LogP contribution in [0.5, 0.6) is 0 Å². The maximum atomic E-state index is 10.9. The zero-order valence-electron chi connectivity index (χ0n) is 12.6. The zero-order chi connectivity index (χ0) is 15.4. The molecule has 5 nitrogen and oxygen atoms in total. The molecule has 0 aliphatic heterocycles. The third-order valence-electron chi connectivity index (χ3n) is 3.19. The molecule has 1 aromatic rings. The van der Waals surface area contributed by atoms with E-state index >= 15 is 0 Å². The molecule has 1 unspecified atom stereocenters. The van der Waals surface area contributed by atoms with Gasteiger partial charge in [0.05, 0.1) is 4.92 Å². The number of aryl methyl sites for hydroxylation is 1. The van der Waals surface area contributed by atoms with Crippen LogP contribution in [0, 0.1) is 23.0 Å². The van der Waals surface area contributed by atoms with Crippen molar-refractivity contribution in [3.05, 3.63) is 32.3 Å². The number of hydrogen-bond donors (Lipinski definition) is 1. The van der Waals surface area contributed by atoms with Gasteiger partial charge < -0.3 is 10.2 Å². The van der Waals surface area contributed by atoms with E-state index in [2.05, 4.69) is 40.0 Å². The van der Waals surface area contributed by atoms with Crippen LogP contribution in [0.15, 0.2) is 16.6 Å². The van der Waals surface area contributed by atoms with E-state index < -0.39 is 0 Å². The molecule has 0 bridgehead atoms. The van der Waals surface area contributed by atoms with E-state index in [1.54, 1.807) is 13.0 Å². The number of rotatable bonds is 6. The van der Waals surface area contributed by atoms with Gasteiger partial charge in [-0.25, -0.2) is 0 Å². The molecular formula is C14H22BrN3O2. The Morgan fingerprint density at radius 3 is 2.45 bits per heavy atom. The molecule has 1 rings (SSSR count). The number of nitro benzene ring substituents is 1. The average Bonchev–Trinajstić information content (AvgIpc) is 2.31. The zero-order valence-corrected chi connectivity index (χ0v) is 14.2. The van der Waals surface area contributed by atoms with Crippen molar-refractivity contribution in [3.63, 3.8) is 0 Å². The van der Waals surface area contributed by atoms with E-state index in [1.807, 2.05) is 20.2 Å². The van der Waals surface area contributed by atoms with Gasteiger partial charge in [0.2, 0.25) is 0 Å². The lowest BCUT2D eigenvalue weighted by Crippen LogP contribution is -2.36. The van der Waals surface area contributed by atoms with Crippen molar-refractivity contribution in [1.29, 1.82) is 0 Å². The molecule has 0 aliphatic carbocycles. The third-order valence-corrected chi connectivity index (χ3v) is 3.85. The van der Waals surface area contributed by atoms with Crippen LogP contribution in [-0.4, -0.2) is 36.5 Å². The van der Waals surface area contributed by atoms with Gasteiger partial charge in [0.25, 0.3) is 5.69 Å². The van der Waals surface area contributed by atoms with E-state index in [4.69, 9.17) is 0 Å². The summed E-state index contributed by atoms with van der Waals surface area (Å²) in [5.41, 5.74) is 1.69. The van der Waals surface area contributed by atoms with Crippen LogP contribution in [-0.2, 0) is 0 Å². The first kappa shape index (κ1) is 16.9. The molecule has 0 aliphatic rings. The summed E-state index contributed by atoms with van der Waals surface area (Å²) in [5, 5.41) is 14.4. The molecule has 0 amide bonds. The van der Waals surface area contributed by atoms with Crippen molar-refractivity contribution in [2.75, 3.05) is 26.0 Å². The van der Waals surface area contributed by atoms with Crippen LogP contribution in [0.3, 0.4) is 0 Å². The molecule has 20 heavy (non-hydrogen) atoms. The van der Waals surface area contributed by atoms with Crippen molar-refractivity contribution in [3.8, 4) is 0 Å². The smallest absolute Gasteiger partial charge is 0.273 e. The summed E-state index contributed by atoms with van der Waals surface area (Å²) in [4.78, 5) is 12.7. The summed E-state index contributed by atoms with van der Waals surface area (Å²) in [6.07, 6.45) is 0. The fourth-order valence-electron chi connectivity index (χ4n) is 1.99. The molecular weight excluding hydrogens is 322 g/mol. The van der Waals surface area contributed by atoms with Crippen molar-refractivity contribution in [2.45, 2.75) is 26.8 Å².